The number of rotatable bonds is 5. The first-order valence-electron chi connectivity index (χ1n) is 4.86. The smallest absolute Gasteiger partial charge is 0.134 e. The SMILES string of the molecule is CC(C)(CCO)CNc1cc(Cl)ncn1. The van der Waals surface area contributed by atoms with Crippen LogP contribution < -0.4 is 5.32 Å². The Bertz CT molecular complexity index is 317. The summed E-state index contributed by atoms with van der Waals surface area (Å²) in [5.41, 5.74) is 0.0339. The zero-order valence-corrected chi connectivity index (χ0v) is 9.75. The minimum Gasteiger partial charge on any atom is -0.396 e. The van der Waals surface area contributed by atoms with Crippen molar-refractivity contribution in [1.29, 1.82) is 0 Å². The van der Waals surface area contributed by atoms with Crippen LogP contribution in [0, 0.1) is 5.41 Å². The Kier molecular flexibility index (Phi) is 4.29. The molecule has 0 aliphatic heterocycles. The second kappa shape index (κ2) is 5.28. The van der Waals surface area contributed by atoms with E-state index in [1.165, 1.54) is 6.33 Å². The van der Waals surface area contributed by atoms with E-state index < -0.39 is 0 Å². The van der Waals surface area contributed by atoms with E-state index in [-0.39, 0.29) is 12.0 Å². The van der Waals surface area contributed by atoms with Crippen LogP contribution in [-0.2, 0) is 0 Å². The maximum Gasteiger partial charge on any atom is 0.134 e. The number of anilines is 1. The Morgan fingerprint density at radius 2 is 2.20 bits per heavy atom. The molecule has 0 amide bonds. The molecule has 5 heteroatoms. The summed E-state index contributed by atoms with van der Waals surface area (Å²) in [6, 6.07) is 1.68. The number of nitrogens with one attached hydrogen (secondary N) is 1. The van der Waals surface area contributed by atoms with Gasteiger partial charge in [0.2, 0.25) is 0 Å². The van der Waals surface area contributed by atoms with E-state index in [0.29, 0.717) is 11.0 Å². The van der Waals surface area contributed by atoms with Gasteiger partial charge in [0, 0.05) is 19.2 Å². The van der Waals surface area contributed by atoms with Crippen molar-refractivity contribution in [2.45, 2.75) is 20.3 Å². The lowest BCUT2D eigenvalue weighted by molar-refractivity contribution is 0.220. The Morgan fingerprint density at radius 1 is 1.47 bits per heavy atom. The molecule has 0 bridgehead atoms. The van der Waals surface area contributed by atoms with E-state index in [1.807, 2.05) is 0 Å². The fourth-order valence-electron chi connectivity index (χ4n) is 1.15. The molecule has 0 unspecified atom stereocenters. The van der Waals surface area contributed by atoms with Crippen LogP contribution in [-0.4, -0.2) is 28.2 Å². The minimum absolute atomic E-state index is 0.0339. The molecule has 0 aliphatic rings. The third-order valence-corrected chi connectivity index (χ3v) is 2.38. The number of hydrogen-bond acceptors (Lipinski definition) is 4. The normalized spacial score (nSPS) is 11.5. The molecular weight excluding hydrogens is 214 g/mol. The molecule has 0 aliphatic carbocycles. The van der Waals surface area contributed by atoms with Crippen molar-refractivity contribution >= 4 is 17.4 Å². The summed E-state index contributed by atoms with van der Waals surface area (Å²) in [4.78, 5) is 7.83. The number of aromatic nitrogens is 2. The van der Waals surface area contributed by atoms with Gasteiger partial charge in [0.1, 0.15) is 17.3 Å². The van der Waals surface area contributed by atoms with Crippen LogP contribution in [0.1, 0.15) is 20.3 Å². The van der Waals surface area contributed by atoms with Crippen molar-refractivity contribution in [3.05, 3.63) is 17.5 Å². The largest absolute Gasteiger partial charge is 0.396 e. The number of aliphatic hydroxyl groups excluding tert-OH is 1. The molecule has 0 atom stereocenters. The summed E-state index contributed by atoms with van der Waals surface area (Å²) in [5, 5.41) is 12.5. The van der Waals surface area contributed by atoms with Gasteiger partial charge in [-0.1, -0.05) is 25.4 Å². The van der Waals surface area contributed by atoms with Crippen LogP contribution in [0.15, 0.2) is 12.4 Å². The third kappa shape index (κ3) is 4.44. The van der Waals surface area contributed by atoms with Crippen molar-refractivity contribution in [2.24, 2.45) is 5.41 Å². The van der Waals surface area contributed by atoms with Crippen molar-refractivity contribution < 1.29 is 5.11 Å². The van der Waals surface area contributed by atoms with Gasteiger partial charge in [-0.25, -0.2) is 9.97 Å². The Morgan fingerprint density at radius 3 is 2.80 bits per heavy atom. The van der Waals surface area contributed by atoms with E-state index in [1.54, 1.807) is 6.07 Å². The average Bonchev–Trinajstić information content (AvgIpc) is 2.15. The van der Waals surface area contributed by atoms with Crippen LogP contribution in [0.3, 0.4) is 0 Å². The third-order valence-electron chi connectivity index (χ3n) is 2.17. The predicted molar refractivity (Wildman–Crippen MR) is 61.0 cm³/mol. The summed E-state index contributed by atoms with van der Waals surface area (Å²) in [6.07, 6.45) is 2.17. The van der Waals surface area contributed by atoms with Gasteiger partial charge >= 0.3 is 0 Å². The lowest BCUT2D eigenvalue weighted by Crippen LogP contribution is -2.24. The molecule has 0 spiro atoms. The zero-order chi connectivity index (χ0) is 11.3. The molecular formula is C10H16ClN3O. The van der Waals surface area contributed by atoms with Gasteiger partial charge < -0.3 is 10.4 Å². The van der Waals surface area contributed by atoms with Gasteiger partial charge in [0.15, 0.2) is 0 Å². The van der Waals surface area contributed by atoms with Crippen molar-refractivity contribution in [1.82, 2.24) is 9.97 Å². The molecule has 0 saturated carbocycles. The molecule has 0 saturated heterocycles. The molecule has 1 aromatic rings. The van der Waals surface area contributed by atoms with Crippen molar-refractivity contribution in [3.8, 4) is 0 Å². The first kappa shape index (κ1) is 12.2. The lowest BCUT2D eigenvalue weighted by Gasteiger charge is -2.24. The highest BCUT2D eigenvalue weighted by Gasteiger charge is 2.16. The van der Waals surface area contributed by atoms with Gasteiger partial charge in [-0.3, -0.25) is 0 Å². The molecule has 84 valence electrons. The highest BCUT2D eigenvalue weighted by molar-refractivity contribution is 6.29. The van der Waals surface area contributed by atoms with Gasteiger partial charge in [0.05, 0.1) is 0 Å². The highest BCUT2D eigenvalue weighted by Crippen LogP contribution is 2.20. The van der Waals surface area contributed by atoms with E-state index in [2.05, 4.69) is 29.1 Å². The molecule has 0 fully saturated rings. The van der Waals surface area contributed by atoms with E-state index in [0.717, 1.165) is 13.0 Å². The zero-order valence-electron chi connectivity index (χ0n) is 9.00. The second-order valence-corrected chi connectivity index (χ2v) is 4.60. The molecule has 4 nitrogen and oxygen atoms in total. The van der Waals surface area contributed by atoms with Crippen molar-refractivity contribution in [2.75, 3.05) is 18.5 Å². The van der Waals surface area contributed by atoms with Gasteiger partial charge in [-0.05, 0) is 11.8 Å². The predicted octanol–water partition coefficient (Wildman–Crippen LogP) is 1.95. The topological polar surface area (TPSA) is 58.0 Å². The lowest BCUT2D eigenvalue weighted by atomic mass is 9.90. The summed E-state index contributed by atoms with van der Waals surface area (Å²) in [5.74, 6) is 0.709. The second-order valence-electron chi connectivity index (χ2n) is 4.22. The fourth-order valence-corrected chi connectivity index (χ4v) is 1.30. The van der Waals surface area contributed by atoms with Crippen LogP contribution in [0.25, 0.3) is 0 Å². The van der Waals surface area contributed by atoms with Gasteiger partial charge in [-0.15, -0.1) is 0 Å². The maximum atomic E-state index is 8.87. The Labute approximate surface area is 94.7 Å². The van der Waals surface area contributed by atoms with Crippen LogP contribution in [0.4, 0.5) is 5.82 Å². The number of nitrogens with zero attached hydrogens (tertiary/aromatic N) is 2. The minimum atomic E-state index is 0.0339. The van der Waals surface area contributed by atoms with Gasteiger partial charge in [-0.2, -0.15) is 0 Å². The Balaban J connectivity index is 2.49. The molecule has 15 heavy (non-hydrogen) atoms. The van der Waals surface area contributed by atoms with E-state index in [4.69, 9.17) is 16.7 Å². The fraction of sp³-hybridized carbons (Fsp3) is 0.600. The summed E-state index contributed by atoms with van der Waals surface area (Å²) >= 11 is 5.72. The maximum absolute atomic E-state index is 8.87. The van der Waals surface area contributed by atoms with E-state index >= 15 is 0 Å². The highest BCUT2D eigenvalue weighted by atomic mass is 35.5. The number of aliphatic hydroxyl groups is 1. The van der Waals surface area contributed by atoms with Gasteiger partial charge in [0.25, 0.3) is 0 Å². The van der Waals surface area contributed by atoms with E-state index in [9.17, 15) is 0 Å². The monoisotopic (exact) mass is 229 g/mol. The molecule has 0 radical (unpaired) electrons. The number of halogens is 1. The molecule has 1 aromatic heterocycles. The quantitative estimate of drug-likeness (QED) is 0.758. The van der Waals surface area contributed by atoms with Crippen LogP contribution >= 0.6 is 11.6 Å². The van der Waals surface area contributed by atoms with Crippen LogP contribution in [0.5, 0.6) is 0 Å². The standard InChI is InChI=1S/C10H16ClN3O/c1-10(2,3-4-15)6-12-9-5-8(11)13-7-14-9/h5,7,15H,3-4,6H2,1-2H3,(H,12,13,14). The first-order valence-corrected chi connectivity index (χ1v) is 5.23. The molecule has 2 N–H and O–H groups in total. The first-order chi connectivity index (χ1) is 7.03. The summed E-state index contributed by atoms with van der Waals surface area (Å²) in [7, 11) is 0. The summed E-state index contributed by atoms with van der Waals surface area (Å²) < 4.78 is 0. The van der Waals surface area contributed by atoms with Crippen molar-refractivity contribution in [3.63, 3.8) is 0 Å². The molecule has 1 rings (SSSR count). The molecule has 0 aromatic carbocycles. The molecule has 1 heterocycles. The van der Waals surface area contributed by atoms with Crippen LogP contribution in [0.2, 0.25) is 5.15 Å². The summed E-state index contributed by atoms with van der Waals surface area (Å²) in [6.45, 7) is 5.10. The average molecular weight is 230 g/mol. The number of hydrogen-bond donors (Lipinski definition) is 2. The Hall–Kier alpha value is -0.870.